The van der Waals surface area contributed by atoms with E-state index in [0.29, 0.717) is 0 Å². The quantitative estimate of drug-likeness (QED) is 0.600. The summed E-state index contributed by atoms with van der Waals surface area (Å²) in [6.07, 6.45) is 0. The van der Waals surface area contributed by atoms with Gasteiger partial charge in [0.1, 0.15) is 5.82 Å². The van der Waals surface area contributed by atoms with E-state index in [2.05, 4.69) is 18.2 Å². The Morgan fingerprint density at radius 2 is 1.42 bits per heavy atom. The molecule has 0 heterocycles. The molecule has 0 N–H and O–H groups in total. The molecule has 3 aromatic carbocycles. The molecule has 3 aromatic rings. The summed E-state index contributed by atoms with van der Waals surface area (Å²) in [6, 6.07) is 25.7. The van der Waals surface area contributed by atoms with Crippen LogP contribution in [0.4, 0.5) is 4.39 Å². The summed E-state index contributed by atoms with van der Waals surface area (Å²) >= 11 is 0. The summed E-state index contributed by atoms with van der Waals surface area (Å²) < 4.78 is 13.4. The molecule has 0 nitrogen and oxygen atoms in total. The van der Waals surface area contributed by atoms with Crippen LogP contribution >= 0.6 is 0 Å². The maximum atomic E-state index is 13.4. The molecule has 0 aliphatic heterocycles. The van der Waals surface area contributed by atoms with Crippen molar-refractivity contribution < 1.29 is 4.39 Å². The van der Waals surface area contributed by atoms with Crippen LogP contribution in [0.5, 0.6) is 0 Å². The molecule has 0 saturated heterocycles. The zero-order valence-electron chi connectivity index (χ0n) is 10.3. The highest BCUT2D eigenvalue weighted by Gasteiger charge is 2.07. The van der Waals surface area contributed by atoms with Crippen LogP contribution in [-0.2, 0) is 0 Å². The zero-order chi connectivity index (χ0) is 13.1. The topological polar surface area (TPSA) is 0 Å². The summed E-state index contributed by atoms with van der Waals surface area (Å²) in [6.45, 7) is 0. The molecule has 0 unspecified atom stereocenters. The van der Waals surface area contributed by atoms with Crippen LogP contribution in [-0.4, -0.2) is 0 Å². The first-order chi connectivity index (χ1) is 9.34. The van der Waals surface area contributed by atoms with Gasteiger partial charge in [-0.3, -0.25) is 0 Å². The minimum atomic E-state index is -0.239. The largest absolute Gasteiger partial charge is 0.207 e. The third kappa shape index (κ3) is 2.41. The second kappa shape index (κ2) is 5.07. The Morgan fingerprint density at radius 3 is 2.16 bits per heavy atom. The predicted octanol–water partition coefficient (Wildman–Crippen LogP) is 4.96. The second-order valence-corrected chi connectivity index (χ2v) is 4.33. The molecule has 0 spiro atoms. The number of hydrogen-bond acceptors (Lipinski definition) is 0. The van der Waals surface area contributed by atoms with Gasteiger partial charge in [0.2, 0.25) is 0 Å². The monoisotopic (exact) mass is 247 g/mol. The third-order valence-corrected chi connectivity index (χ3v) is 3.07. The van der Waals surface area contributed by atoms with Crippen molar-refractivity contribution in [3.8, 4) is 22.3 Å². The molecule has 1 radical (unpaired) electrons. The first kappa shape index (κ1) is 11.7. The van der Waals surface area contributed by atoms with E-state index in [-0.39, 0.29) is 5.82 Å². The molecule has 19 heavy (non-hydrogen) atoms. The summed E-state index contributed by atoms with van der Waals surface area (Å²) in [5.41, 5.74) is 3.98. The first-order valence-corrected chi connectivity index (χ1v) is 6.17. The van der Waals surface area contributed by atoms with Crippen LogP contribution in [0.1, 0.15) is 0 Å². The Labute approximate surface area is 112 Å². The van der Waals surface area contributed by atoms with E-state index in [1.165, 1.54) is 12.1 Å². The minimum Gasteiger partial charge on any atom is -0.207 e. The van der Waals surface area contributed by atoms with Crippen LogP contribution in [0.25, 0.3) is 22.3 Å². The SMILES string of the molecule is Fc1cc[c]c(-c2ccccc2-c2ccccc2)c1. The van der Waals surface area contributed by atoms with E-state index in [0.717, 1.165) is 22.3 Å². The van der Waals surface area contributed by atoms with Gasteiger partial charge in [-0.1, -0.05) is 60.7 Å². The van der Waals surface area contributed by atoms with Gasteiger partial charge in [0.05, 0.1) is 0 Å². The number of benzene rings is 3. The molecular formula is C18H12F. The lowest BCUT2D eigenvalue weighted by Crippen LogP contribution is -1.85. The highest BCUT2D eigenvalue weighted by molar-refractivity contribution is 5.83. The molecule has 0 saturated carbocycles. The van der Waals surface area contributed by atoms with Crippen molar-refractivity contribution in [2.75, 3.05) is 0 Å². The molecule has 1 heteroatoms. The summed E-state index contributed by atoms with van der Waals surface area (Å²) in [7, 11) is 0. The van der Waals surface area contributed by atoms with Gasteiger partial charge in [-0.15, -0.1) is 0 Å². The van der Waals surface area contributed by atoms with Crippen molar-refractivity contribution in [3.05, 3.63) is 84.7 Å². The number of halogens is 1. The maximum absolute atomic E-state index is 13.4. The second-order valence-electron chi connectivity index (χ2n) is 4.33. The minimum absolute atomic E-state index is 0.239. The van der Waals surface area contributed by atoms with Gasteiger partial charge < -0.3 is 0 Å². The van der Waals surface area contributed by atoms with Crippen molar-refractivity contribution in [1.82, 2.24) is 0 Å². The van der Waals surface area contributed by atoms with Gasteiger partial charge in [-0.05, 0) is 40.5 Å². The fourth-order valence-corrected chi connectivity index (χ4v) is 2.18. The van der Waals surface area contributed by atoms with Crippen LogP contribution in [0.2, 0.25) is 0 Å². The molecule has 91 valence electrons. The van der Waals surface area contributed by atoms with Crippen molar-refractivity contribution in [3.63, 3.8) is 0 Å². The highest BCUT2D eigenvalue weighted by atomic mass is 19.1. The van der Waals surface area contributed by atoms with Gasteiger partial charge in [0.25, 0.3) is 0 Å². The van der Waals surface area contributed by atoms with E-state index in [9.17, 15) is 4.39 Å². The fraction of sp³-hybridized carbons (Fsp3) is 0. The Balaban J connectivity index is 2.18. The smallest absolute Gasteiger partial charge is 0.123 e. The molecule has 0 fully saturated rings. The molecule has 0 aliphatic rings. The normalized spacial score (nSPS) is 10.4. The van der Waals surface area contributed by atoms with Crippen molar-refractivity contribution in [1.29, 1.82) is 0 Å². The van der Waals surface area contributed by atoms with Crippen LogP contribution in [0.15, 0.2) is 72.8 Å². The van der Waals surface area contributed by atoms with Gasteiger partial charge in [-0.25, -0.2) is 4.39 Å². The van der Waals surface area contributed by atoms with Gasteiger partial charge in [0, 0.05) is 0 Å². The highest BCUT2D eigenvalue weighted by Crippen LogP contribution is 2.31. The molecular weight excluding hydrogens is 235 g/mol. The fourth-order valence-electron chi connectivity index (χ4n) is 2.18. The standard InChI is InChI=1S/C18H12F/c19-16-10-6-9-15(13-16)18-12-5-4-11-17(18)14-7-2-1-3-8-14/h1-8,10-13H. The Hall–Kier alpha value is -2.41. The zero-order valence-corrected chi connectivity index (χ0v) is 10.3. The summed E-state index contributed by atoms with van der Waals surface area (Å²) in [5.74, 6) is -0.239. The first-order valence-electron chi connectivity index (χ1n) is 6.17. The van der Waals surface area contributed by atoms with E-state index in [1.54, 1.807) is 6.07 Å². The molecule has 0 aliphatic carbocycles. The van der Waals surface area contributed by atoms with E-state index in [4.69, 9.17) is 0 Å². The maximum Gasteiger partial charge on any atom is 0.123 e. The Morgan fingerprint density at radius 1 is 0.737 bits per heavy atom. The van der Waals surface area contributed by atoms with Crippen molar-refractivity contribution in [2.45, 2.75) is 0 Å². The van der Waals surface area contributed by atoms with Crippen LogP contribution < -0.4 is 0 Å². The molecule has 3 rings (SSSR count). The van der Waals surface area contributed by atoms with Gasteiger partial charge in [-0.2, -0.15) is 0 Å². The molecule has 0 bridgehead atoms. The lowest BCUT2D eigenvalue weighted by Gasteiger charge is -2.09. The van der Waals surface area contributed by atoms with Gasteiger partial charge >= 0.3 is 0 Å². The number of hydrogen-bond donors (Lipinski definition) is 0. The Kier molecular flexibility index (Phi) is 3.11. The van der Waals surface area contributed by atoms with E-state index < -0.39 is 0 Å². The predicted molar refractivity (Wildman–Crippen MR) is 76.1 cm³/mol. The summed E-state index contributed by atoms with van der Waals surface area (Å²) in [5, 5.41) is 0. The van der Waals surface area contributed by atoms with Crippen LogP contribution in [0.3, 0.4) is 0 Å². The molecule has 0 amide bonds. The lowest BCUT2D eigenvalue weighted by molar-refractivity contribution is 0.628. The molecule has 0 atom stereocenters. The van der Waals surface area contributed by atoms with E-state index in [1.807, 2.05) is 42.5 Å². The molecule has 0 aromatic heterocycles. The lowest BCUT2D eigenvalue weighted by atomic mass is 9.95. The van der Waals surface area contributed by atoms with Crippen molar-refractivity contribution >= 4 is 0 Å². The van der Waals surface area contributed by atoms with Crippen LogP contribution in [0, 0.1) is 11.9 Å². The van der Waals surface area contributed by atoms with Gasteiger partial charge in [0.15, 0.2) is 0 Å². The Bertz CT molecular complexity index is 687. The van der Waals surface area contributed by atoms with E-state index >= 15 is 0 Å². The third-order valence-electron chi connectivity index (χ3n) is 3.07. The average molecular weight is 247 g/mol. The average Bonchev–Trinajstić information content (AvgIpc) is 2.48. The number of rotatable bonds is 2. The summed E-state index contributed by atoms with van der Waals surface area (Å²) in [4.78, 5) is 0. The van der Waals surface area contributed by atoms with Crippen molar-refractivity contribution in [2.24, 2.45) is 0 Å².